The Kier molecular flexibility index (Phi) is 5.00. The number of benzene rings is 1. The van der Waals surface area contributed by atoms with Crippen molar-refractivity contribution in [2.24, 2.45) is 0 Å². The Labute approximate surface area is 125 Å². The second-order valence-corrected chi connectivity index (χ2v) is 4.42. The summed E-state index contributed by atoms with van der Waals surface area (Å²) in [4.78, 5) is 23.5. The number of esters is 1. The maximum Gasteiger partial charge on any atom is 0.354 e. The van der Waals surface area contributed by atoms with E-state index >= 15 is 0 Å². The fourth-order valence-corrected chi connectivity index (χ4v) is 1.89. The van der Waals surface area contributed by atoms with Crippen molar-refractivity contribution in [3.05, 3.63) is 34.2 Å². The fraction of sp³-hybridized carbons (Fsp3) is 0.333. The first-order chi connectivity index (χ1) is 10.6. The van der Waals surface area contributed by atoms with Crippen molar-refractivity contribution in [1.29, 1.82) is 0 Å². The number of aliphatic hydroxyl groups excluding tert-OH is 1. The Morgan fingerprint density at radius 1 is 1.36 bits per heavy atom. The van der Waals surface area contributed by atoms with Crippen molar-refractivity contribution in [3.63, 3.8) is 0 Å². The minimum atomic E-state index is -0.961. The van der Waals surface area contributed by atoms with Gasteiger partial charge < -0.3 is 24.1 Å². The zero-order chi connectivity index (χ0) is 16.1. The average molecular weight is 308 g/mol. The monoisotopic (exact) mass is 308 g/mol. The molecule has 118 valence electrons. The van der Waals surface area contributed by atoms with Crippen LogP contribution in [-0.4, -0.2) is 36.0 Å². The molecule has 0 spiro atoms. The van der Waals surface area contributed by atoms with E-state index in [9.17, 15) is 14.7 Å². The van der Waals surface area contributed by atoms with Crippen LogP contribution in [0.3, 0.4) is 0 Å². The van der Waals surface area contributed by atoms with Crippen molar-refractivity contribution in [2.45, 2.75) is 13.3 Å². The lowest BCUT2D eigenvalue weighted by atomic mass is 10.1. The first-order valence-corrected chi connectivity index (χ1v) is 6.79. The van der Waals surface area contributed by atoms with E-state index in [0.29, 0.717) is 18.8 Å². The van der Waals surface area contributed by atoms with Gasteiger partial charge in [0.25, 0.3) is 0 Å². The van der Waals surface area contributed by atoms with Crippen molar-refractivity contribution in [2.75, 3.05) is 19.8 Å². The molecule has 0 saturated heterocycles. The van der Waals surface area contributed by atoms with E-state index in [1.165, 1.54) is 12.1 Å². The lowest BCUT2D eigenvalue weighted by Gasteiger charge is -2.08. The normalized spacial score (nSPS) is 10.6. The number of carbonyl (C=O) groups excluding carboxylic acids is 1. The quantitative estimate of drug-likeness (QED) is 0.472. The molecule has 0 atom stereocenters. The van der Waals surface area contributed by atoms with Crippen LogP contribution < -0.4 is 10.4 Å². The van der Waals surface area contributed by atoms with Gasteiger partial charge in [0.05, 0.1) is 18.6 Å². The minimum absolute atomic E-state index is 0.000707. The Balaban J connectivity index is 2.46. The molecule has 0 bridgehead atoms. The van der Waals surface area contributed by atoms with Crippen molar-refractivity contribution >= 4 is 16.9 Å². The molecular formula is C15H16O7. The summed E-state index contributed by atoms with van der Waals surface area (Å²) in [5.41, 5.74) is -1.37. The van der Waals surface area contributed by atoms with Gasteiger partial charge >= 0.3 is 11.6 Å². The maximum absolute atomic E-state index is 11.8. The molecule has 0 aliphatic rings. The number of hydrogen-bond donors (Lipinski definition) is 2. The van der Waals surface area contributed by atoms with Gasteiger partial charge in [-0.2, -0.15) is 0 Å². The molecule has 0 radical (unpaired) electrons. The molecule has 0 saturated carbocycles. The van der Waals surface area contributed by atoms with E-state index in [0.717, 1.165) is 0 Å². The third-order valence-electron chi connectivity index (χ3n) is 2.90. The number of aliphatic hydroxyl groups is 1. The fourth-order valence-electron chi connectivity index (χ4n) is 1.89. The summed E-state index contributed by atoms with van der Waals surface area (Å²) >= 11 is 0. The van der Waals surface area contributed by atoms with Gasteiger partial charge in [-0.3, -0.25) is 0 Å². The lowest BCUT2D eigenvalue weighted by Crippen LogP contribution is -2.17. The molecule has 7 heteroatoms. The molecule has 0 amide bonds. The number of carbonyl (C=O) groups is 1. The number of rotatable bonds is 6. The highest BCUT2D eigenvalue weighted by atomic mass is 16.5. The molecule has 7 nitrogen and oxygen atoms in total. The second kappa shape index (κ2) is 6.95. The Hall–Kier alpha value is -2.54. The predicted molar refractivity (Wildman–Crippen MR) is 77.3 cm³/mol. The summed E-state index contributed by atoms with van der Waals surface area (Å²) in [6.07, 6.45) is 0.460. The summed E-state index contributed by atoms with van der Waals surface area (Å²) in [6, 6.07) is 4.47. The third-order valence-corrected chi connectivity index (χ3v) is 2.90. The van der Waals surface area contributed by atoms with Gasteiger partial charge in [0.1, 0.15) is 17.1 Å². The van der Waals surface area contributed by atoms with E-state index in [1.807, 2.05) is 0 Å². The zero-order valence-corrected chi connectivity index (χ0v) is 12.0. The first-order valence-electron chi connectivity index (χ1n) is 6.79. The van der Waals surface area contributed by atoms with E-state index in [4.69, 9.17) is 19.0 Å². The smallest absolute Gasteiger partial charge is 0.354 e. The van der Waals surface area contributed by atoms with Crippen molar-refractivity contribution < 1.29 is 28.9 Å². The van der Waals surface area contributed by atoms with Crippen LogP contribution in [0.25, 0.3) is 11.0 Å². The predicted octanol–water partition coefficient (Wildman–Crippen LogP) is 1.44. The first kappa shape index (κ1) is 15.8. The van der Waals surface area contributed by atoms with Crippen LogP contribution in [0, 0.1) is 0 Å². The molecular weight excluding hydrogens is 292 g/mol. The summed E-state index contributed by atoms with van der Waals surface area (Å²) in [5.74, 6) is -1.03. The van der Waals surface area contributed by atoms with Crippen LogP contribution in [0.1, 0.15) is 23.7 Å². The number of hydrogen-bond acceptors (Lipinski definition) is 7. The molecule has 0 fully saturated rings. The lowest BCUT2D eigenvalue weighted by molar-refractivity contribution is 0.0518. The van der Waals surface area contributed by atoms with Crippen LogP contribution in [-0.2, 0) is 4.74 Å². The van der Waals surface area contributed by atoms with Gasteiger partial charge in [0.15, 0.2) is 5.56 Å². The van der Waals surface area contributed by atoms with Crippen LogP contribution in [0.15, 0.2) is 27.4 Å². The largest absolute Gasteiger partial charge is 0.506 e. The summed E-state index contributed by atoms with van der Waals surface area (Å²) in [7, 11) is 0. The van der Waals surface area contributed by atoms with Gasteiger partial charge in [-0.05, 0) is 25.1 Å². The maximum atomic E-state index is 11.8. The molecule has 2 aromatic rings. The molecule has 22 heavy (non-hydrogen) atoms. The molecule has 2 N–H and O–H groups in total. The number of ether oxygens (including phenoxy) is 2. The van der Waals surface area contributed by atoms with E-state index in [-0.39, 0.29) is 24.2 Å². The van der Waals surface area contributed by atoms with Crippen molar-refractivity contribution in [3.8, 4) is 11.5 Å². The Bertz CT molecular complexity index is 732. The van der Waals surface area contributed by atoms with Gasteiger partial charge in [-0.1, -0.05) is 0 Å². The molecule has 1 aromatic heterocycles. The highest BCUT2D eigenvalue weighted by Gasteiger charge is 2.22. The molecule has 0 aliphatic heterocycles. The molecule has 1 heterocycles. The van der Waals surface area contributed by atoms with Crippen LogP contribution in [0.5, 0.6) is 11.5 Å². The third kappa shape index (κ3) is 3.20. The van der Waals surface area contributed by atoms with E-state index < -0.39 is 22.9 Å². The topological polar surface area (TPSA) is 106 Å². The highest BCUT2D eigenvalue weighted by molar-refractivity contribution is 5.98. The van der Waals surface area contributed by atoms with Gasteiger partial charge in [-0.25, -0.2) is 9.59 Å². The summed E-state index contributed by atoms with van der Waals surface area (Å²) in [6.45, 7) is 1.95. The summed E-state index contributed by atoms with van der Waals surface area (Å²) in [5, 5.41) is 19.1. The van der Waals surface area contributed by atoms with E-state index in [1.54, 1.807) is 13.0 Å². The zero-order valence-electron chi connectivity index (χ0n) is 12.0. The van der Waals surface area contributed by atoms with Crippen LogP contribution in [0.2, 0.25) is 0 Å². The van der Waals surface area contributed by atoms with Crippen LogP contribution >= 0.6 is 0 Å². The summed E-state index contributed by atoms with van der Waals surface area (Å²) < 4.78 is 15.1. The number of fused-ring (bicyclic) bond motifs is 1. The minimum Gasteiger partial charge on any atom is -0.506 e. The van der Waals surface area contributed by atoms with E-state index in [2.05, 4.69) is 0 Å². The SMILES string of the molecule is CCOC(=O)c1c(O)c2cc(OCCCO)ccc2oc1=O. The van der Waals surface area contributed by atoms with Gasteiger partial charge in [0, 0.05) is 13.0 Å². The molecule has 2 rings (SSSR count). The second-order valence-electron chi connectivity index (χ2n) is 4.42. The Morgan fingerprint density at radius 3 is 2.82 bits per heavy atom. The van der Waals surface area contributed by atoms with Crippen LogP contribution in [0.4, 0.5) is 0 Å². The molecule has 1 aromatic carbocycles. The van der Waals surface area contributed by atoms with Gasteiger partial charge in [0.2, 0.25) is 0 Å². The standard InChI is InChI=1S/C15H16O7/c1-2-20-14(18)12-13(17)10-8-9(21-7-3-6-16)4-5-11(10)22-15(12)19/h4-5,8,16-17H,2-3,6-7H2,1H3. The van der Waals surface area contributed by atoms with Crippen molar-refractivity contribution in [1.82, 2.24) is 0 Å². The highest BCUT2D eigenvalue weighted by Crippen LogP contribution is 2.30. The average Bonchev–Trinajstić information content (AvgIpc) is 2.48. The molecule has 0 aliphatic carbocycles. The molecule has 0 unspecified atom stereocenters. The van der Waals surface area contributed by atoms with Gasteiger partial charge in [-0.15, -0.1) is 0 Å². The Morgan fingerprint density at radius 2 is 2.14 bits per heavy atom. The number of aromatic hydroxyl groups is 1.